The molecule has 2 rings (SSSR count). The van der Waals surface area contributed by atoms with Crippen LogP contribution in [-0.2, 0) is 20.9 Å². The van der Waals surface area contributed by atoms with E-state index >= 15 is 0 Å². The molecule has 1 heterocycles. The van der Waals surface area contributed by atoms with Crippen LogP contribution in [0.25, 0.3) is 0 Å². The molecule has 0 bridgehead atoms. The number of hydrogen-bond donors (Lipinski definition) is 2. The molecule has 1 aliphatic heterocycles. The summed E-state index contributed by atoms with van der Waals surface area (Å²) in [6.45, 7) is 6.46. The van der Waals surface area contributed by atoms with Gasteiger partial charge in [0, 0.05) is 19.4 Å². The van der Waals surface area contributed by atoms with E-state index in [1.807, 2.05) is 44.2 Å². The van der Waals surface area contributed by atoms with Crippen molar-refractivity contribution in [3.05, 3.63) is 35.9 Å². The van der Waals surface area contributed by atoms with Crippen LogP contribution in [0.4, 0.5) is 0 Å². The van der Waals surface area contributed by atoms with Crippen molar-refractivity contribution in [1.82, 2.24) is 5.32 Å². The van der Waals surface area contributed by atoms with Crippen LogP contribution in [0, 0.1) is 5.92 Å². The predicted molar refractivity (Wildman–Crippen MR) is 87.8 cm³/mol. The monoisotopic (exact) mass is 319 g/mol. The van der Waals surface area contributed by atoms with Gasteiger partial charge in [0.1, 0.15) is 0 Å². The fourth-order valence-corrected chi connectivity index (χ4v) is 3.04. The fourth-order valence-electron chi connectivity index (χ4n) is 3.04. The highest BCUT2D eigenvalue weighted by Crippen LogP contribution is 2.11. The van der Waals surface area contributed by atoms with E-state index in [0.29, 0.717) is 13.2 Å². The highest BCUT2D eigenvalue weighted by Gasteiger charge is 2.33. The first-order valence-electron chi connectivity index (χ1n) is 8.44. The van der Waals surface area contributed by atoms with Gasteiger partial charge < -0.3 is 15.0 Å². The van der Waals surface area contributed by atoms with Crippen LogP contribution >= 0.6 is 0 Å². The molecule has 2 N–H and O–H groups in total. The van der Waals surface area contributed by atoms with Crippen molar-refractivity contribution < 1.29 is 19.2 Å². The van der Waals surface area contributed by atoms with Crippen LogP contribution in [0.15, 0.2) is 30.3 Å². The Balaban J connectivity index is 1.76. The Labute approximate surface area is 138 Å². The van der Waals surface area contributed by atoms with Gasteiger partial charge in [0.2, 0.25) is 0 Å². The van der Waals surface area contributed by atoms with Crippen molar-refractivity contribution in [3.8, 4) is 0 Å². The summed E-state index contributed by atoms with van der Waals surface area (Å²) in [5, 5.41) is 3.00. The number of nitrogens with one attached hydrogen (secondary N) is 2. The largest absolute Gasteiger partial charge is 0.466 e. The molecule has 0 radical (unpaired) electrons. The fraction of sp³-hybridized carbons (Fsp3) is 0.556. The molecule has 126 valence electrons. The van der Waals surface area contributed by atoms with E-state index in [0.717, 1.165) is 31.5 Å². The van der Waals surface area contributed by atoms with Gasteiger partial charge in [-0.1, -0.05) is 30.3 Å². The minimum atomic E-state index is -0.0955. The topological polar surface area (TPSA) is 59.8 Å². The maximum Gasteiger partial charge on any atom is 0.309 e. The van der Waals surface area contributed by atoms with Crippen LogP contribution in [-0.4, -0.2) is 37.6 Å². The van der Waals surface area contributed by atoms with E-state index in [1.165, 1.54) is 4.90 Å². The first kappa shape index (κ1) is 17.5. The van der Waals surface area contributed by atoms with E-state index in [4.69, 9.17) is 4.74 Å². The highest BCUT2D eigenvalue weighted by atomic mass is 16.5. The number of quaternary nitrogens is 1. The highest BCUT2D eigenvalue weighted by molar-refractivity contribution is 5.80. The van der Waals surface area contributed by atoms with Gasteiger partial charge >= 0.3 is 5.97 Å². The lowest BCUT2D eigenvalue weighted by Crippen LogP contribution is -3.17. The summed E-state index contributed by atoms with van der Waals surface area (Å²) in [4.78, 5) is 25.3. The second-order valence-corrected chi connectivity index (χ2v) is 6.11. The second-order valence-electron chi connectivity index (χ2n) is 6.11. The summed E-state index contributed by atoms with van der Waals surface area (Å²) in [6, 6.07) is 9.81. The SMILES string of the molecule is CCOC(=O)C1CC[NH+]([C@@H](C)C(=O)NCc2ccccc2)CC1. The molecule has 0 aromatic heterocycles. The lowest BCUT2D eigenvalue weighted by Gasteiger charge is -2.31. The zero-order valence-corrected chi connectivity index (χ0v) is 14.0. The third-order valence-corrected chi connectivity index (χ3v) is 4.56. The Morgan fingerprint density at radius 2 is 1.91 bits per heavy atom. The molecule has 1 saturated heterocycles. The predicted octanol–water partition coefficient (Wildman–Crippen LogP) is 0.549. The van der Waals surface area contributed by atoms with Gasteiger partial charge in [-0.3, -0.25) is 9.59 Å². The summed E-state index contributed by atoms with van der Waals surface area (Å²) in [7, 11) is 0. The standard InChI is InChI=1S/C18H26N2O3/c1-3-23-18(22)16-9-11-20(12-10-16)14(2)17(21)19-13-15-7-5-4-6-8-15/h4-8,14,16H,3,9-13H2,1-2H3,(H,19,21)/p+1/t14-/m0/s1. The van der Waals surface area contributed by atoms with Gasteiger partial charge in [-0.15, -0.1) is 0 Å². The van der Waals surface area contributed by atoms with Crippen molar-refractivity contribution in [1.29, 1.82) is 0 Å². The number of carbonyl (C=O) groups is 2. The molecule has 5 heteroatoms. The van der Waals surface area contributed by atoms with E-state index < -0.39 is 0 Å². The number of likely N-dealkylation sites (tertiary alicyclic amines) is 1. The van der Waals surface area contributed by atoms with Gasteiger partial charge in [-0.25, -0.2) is 0 Å². The Morgan fingerprint density at radius 3 is 2.52 bits per heavy atom. The third-order valence-electron chi connectivity index (χ3n) is 4.56. The Bertz CT molecular complexity index is 510. The minimum Gasteiger partial charge on any atom is -0.466 e. The van der Waals surface area contributed by atoms with Crippen molar-refractivity contribution in [3.63, 3.8) is 0 Å². The van der Waals surface area contributed by atoms with Crippen LogP contribution in [0.2, 0.25) is 0 Å². The van der Waals surface area contributed by atoms with Crippen LogP contribution in [0.5, 0.6) is 0 Å². The van der Waals surface area contributed by atoms with Gasteiger partial charge in [0.15, 0.2) is 6.04 Å². The number of ether oxygens (including phenoxy) is 1. The Hall–Kier alpha value is -1.88. The van der Waals surface area contributed by atoms with Crippen LogP contribution in [0.1, 0.15) is 32.3 Å². The average molecular weight is 319 g/mol. The molecule has 1 aromatic rings. The second kappa shape index (κ2) is 8.67. The zero-order chi connectivity index (χ0) is 16.7. The van der Waals surface area contributed by atoms with Crippen molar-refractivity contribution >= 4 is 11.9 Å². The first-order chi connectivity index (χ1) is 11.1. The Kier molecular flexibility index (Phi) is 6.59. The number of rotatable bonds is 6. The molecule has 5 nitrogen and oxygen atoms in total. The van der Waals surface area contributed by atoms with E-state index in [-0.39, 0.29) is 23.8 Å². The third kappa shape index (κ3) is 5.06. The summed E-state index contributed by atoms with van der Waals surface area (Å²) >= 11 is 0. The number of esters is 1. The first-order valence-corrected chi connectivity index (χ1v) is 8.44. The van der Waals surface area contributed by atoms with Gasteiger partial charge in [0.25, 0.3) is 5.91 Å². The molecule has 0 saturated carbocycles. The average Bonchev–Trinajstić information content (AvgIpc) is 2.60. The molecule has 1 fully saturated rings. The minimum absolute atomic E-state index is 0.00159. The zero-order valence-electron chi connectivity index (χ0n) is 14.0. The van der Waals surface area contributed by atoms with Gasteiger partial charge in [0.05, 0.1) is 25.6 Å². The molecule has 0 unspecified atom stereocenters. The quantitative estimate of drug-likeness (QED) is 0.753. The van der Waals surface area contributed by atoms with E-state index in [9.17, 15) is 9.59 Å². The van der Waals surface area contributed by atoms with Gasteiger partial charge in [-0.2, -0.15) is 0 Å². The molecular weight excluding hydrogens is 292 g/mol. The van der Waals surface area contributed by atoms with E-state index in [1.54, 1.807) is 0 Å². The normalized spacial score (nSPS) is 22.2. The molecule has 0 aliphatic carbocycles. The molecule has 23 heavy (non-hydrogen) atoms. The molecule has 1 amide bonds. The molecule has 1 aromatic carbocycles. The van der Waals surface area contributed by atoms with Crippen molar-refractivity contribution in [2.75, 3.05) is 19.7 Å². The maximum atomic E-state index is 12.3. The Morgan fingerprint density at radius 1 is 1.26 bits per heavy atom. The van der Waals surface area contributed by atoms with Crippen LogP contribution in [0.3, 0.4) is 0 Å². The molecule has 1 atom stereocenters. The lowest BCUT2D eigenvalue weighted by atomic mass is 9.96. The number of carbonyl (C=O) groups excluding carboxylic acids is 2. The lowest BCUT2D eigenvalue weighted by molar-refractivity contribution is -0.919. The maximum absolute atomic E-state index is 12.3. The summed E-state index contributed by atoms with van der Waals surface area (Å²) in [5.74, 6) is -0.0237. The van der Waals surface area contributed by atoms with Gasteiger partial charge in [-0.05, 0) is 19.4 Å². The molecule has 0 spiro atoms. The van der Waals surface area contributed by atoms with Crippen molar-refractivity contribution in [2.45, 2.75) is 39.3 Å². The number of benzene rings is 1. The summed E-state index contributed by atoms with van der Waals surface area (Å²) < 4.78 is 5.08. The van der Waals surface area contributed by atoms with Crippen molar-refractivity contribution in [2.24, 2.45) is 5.92 Å². The van der Waals surface area contributed by atoms with E-state index in [2.05, 4.69) is 5.32 Å². The molecule has 1 aliphatic rings. The number of piperidine rings is 1. The number of hydrogen-bond acceptors (Lipinski definition) is 3. The smallest absolute Gasteiger partial charge is 0.309 e. The summed E-state index contributed by atoms with van der Waals surface area (Å²) in [5.41, 5.74) is 1.10. The van der Waals surface area contributed by atoms with Crippen LogP contribution < -0.4 is 10.2 Å². The molecular formula is C18H27N2O3+. The summed E-state index contributed by atoms with van der Waals surface area (Å²) in [6.07, 6.45) is 1.59. The number of amides is 1.